The molecule has 0 aliphatic heterocycles. The molecule has 5 rings (SSSR count). The van der Waals surface area contributed by atoms with Gasteiger partial charge < -0.3 is 19.2 Å². The van der Waals surface area contributed by atoms with Crippen molar-refractivity contribution >= 4 is 26.9 Å². The summed E-state index contributed by atoms with van der Waals surface area (Å²) in [7, 11) is -4.36. The lowest BCUT2D eigenvalue weighted by Crippen LogP contribution is -2.30. The summed E-state index contributed by atoms with van der Waals surface area (Å²) < 4.78 is 84.4. The van der Waals surface area contributed by atoms with Gasteiger partial charge in [0, 0.05) is 22.3 Å². The second kappa shape index (κ2) is 11.2. The number of aromatic nitrogens is 1. The van der Waals surface area contributed by atoms with Crippen molar-refractivity contribution < 1.29 is 39.7 Å². The van der Waals surface area contributed by atoms with Gasteiger partial charge in [-0.25, -0.2) is 4.39 Å². The Morgan fingerprint density at radius 1 is 0.881 bits per heavy atom. The number of rotatable bonds is 8. The zero-order chi connectivity index (χ0) is 30.1. The molecule has 12 heteroatoms. The van der Waals surface area contributed by atoms with Crippen LogP contribution in [0.4, 0.5) is 17.6 Å². The molecule has 0 saturated carbocycles. The summed E-state index contributed by atoms with van der Waals surface area (Å²) in [5, 5.41) is 3.83. The summed E-state index contributed by atoms with van der Waals surface area (Å²) >= 11 is 0. The van der Waals surface area contributed by atoms with Crippen LogP contribution in [0.1, 0.15) is 27.7 Å². The van der Waals surface area contributed by atoms with Gasteiger partial charge in [0.05, 0.1) is 13.2 Å². The molecular weight excluding hydrogens is 576 g/mol. The molecule has 0 unspecified atom stereocenters. The first-order valence-electron chi connectivity index (χ1n) is 12.4. The van der Waals surface area contributed by atoms with E-state index >= 15 is 0 Å². The van der Waals surface area contributed by atoms with Crippen LogP contribution in [0.3, 0.4) is 0 Å². The molecule has 0 spiro atoms. The van der Waals surface area contributed by atoms with Gasteiger partial charge in [0.15, 0.2) is 0 Å². The molecule has 0 fully saturated rings. The summed E-state index contributed by atoms with van der Waals surface area (Å²) in [6.45, 7) is 0. The highest BCUT2D eigenvalue weighted by Crippen LogP contribution is 2.33. The number of para-hydroxylation sites is 1. The highest BCUT2D eigenvalue weighted by atomic mass is 32.2. The van der Waals surface area contributed by atoms with Crippen molar-refractivity contribution in [3.8, 4) is 22.6 Å². The van der Waals surface area contributed by atoms with E-state index in [4.69, 9.17) is 4.74 Å². The average molecular weight is 599 g/mol. The lowest BCUT2D eigenvalue weighted by molar-refractivity contribution is -0.0500. The van der Waals surface area contributed by atoms with Gasteiger partial charge in [0.25, 0.3) is 5.91 Å². The Labute approximate surface area is 237 Å². The van der Waals surface area contributed by atoms with Crippen molar-refractivity contribution in [3.05, 3.63) is 120 Å². The molecule has 216 valence electrons. The molecule has 1 amide bonds. The molecule has 42 heavy (non-hydrogen) atoms. The van der Waals surface area contributed by atoms with Gasteiger partial charge in [0.2, 0.25) is 0 Å². The molecule has 0 aliphatic rings. The summed E-state index contributed by atoms with van der Waals surface area (Å²) in [5.41, 5.74) is -2.51. The Hall–Kier alpha value is -4.84. The SMILES string of the molecule is COc1ccc(F)cc1[C@@H](NC(=O)c1cccc(-c2ccc(OS(=O)(=O)C(F)(F)F)cc2)c1)c1cc2ccccc2[nH]1. The lowest BCUT2D eigenvalue weighted by Gasteiger charge is -2.21. The van der Waals surface area contributed by atoms with Gasteiger partial charge in [0.1, 0.15) is 17.3 Å². The molecule has 0 bridgehead atoms. The molecule has 0 radical (unpaired) electrons. The monoisotopic (exact) mass is 598 g/mol. The Morgan fingerprint density at radius 2 is 1.62 bits per heavy atom. The average Bonchev–Trinajstić information content (AvgIpc) is 3.39. The first kappa shape index (κ1) is 28.7. The highest BCUT2D eigenvalue weighted by Gasteiger charge is 2.48. The number of carbonyl (C=O) groups excluding carboxylic acids is 1. The quantitative estimate of drug-likeness (QED) is 0.117. The zero-order valence-electron chi connectivity index (χ0n) is 21.8. The smallest absolute Gasteiger partial charge is 0.496 e. The summed E-state index contributed by atoms with van der Waals surface area (Å²) in [4.78, 5) is 16.8. The first-order chi connectivity index (χ1) is 19.9. The maximum Gasteiger partial charge on any atom is 0.534 e. The normalized spacial score (nSPS) is 12.6. The van der Waals surface area contributed by atoms with Crippen molar-refractivity contribution in [2.45, 2.75) is 11.6 Å². The third-order valence-electron chi connectivity index (χ3n) is 6.44. The molecule has 7 nitrogen and oxygen atoms in total. The van der Waals surface area contributed by atoms with Gasteiger partial charge in [-0.05, 0) is 71.1 Å². The van der Waals surface area contributed by atoms with E-state index < -0.39 is 39.1 Å². The second-order valence-corrected chi connectivity index (χ2v) is 10.7. The van der Waals surface area contributed by atoms with Crippen molar-refractivity contribution in [1.82, 2.24) is 10.3 Å². The van der Waals surface area contributed by atoms with Gasteiger partial charge in [-0.3, -0.25) is 4.79 Å². The molecule has 1 heterocycles. The molecular formula is C30H22F4N2O5S. The van der Waals surface area contributed by atoms with E-state index in [2.05, 4.69) is 14.5 Å². The number of ether oxygens (including phenoxy) is 1. The molecule has 1 aromatic heterocycles. The largest absolute Gasteiger partial charge is 0.534 e. The van der Waals surface area contributed by atoms with Crippen molar-refractivity contribution in [1.29, 1.82) is 0 Å². The Kier molecular flexibility index (Phi) is 7.65. The van der Waals surface area contributed by atoms with Crippen LogP contribution < -0.4 is 14.2 Å². The fraction of sp³-hybridized carbons (Fsp3) is 0.100. The summed E-state index contributed by atoms with van der Waals surface area (Å²) in [6.07, 6.45) is 0. The third kappa shape index (κ3) is 5.93. The highest BCUT2D eigenvalue weighted by molar-refractivity contribution is 7.88. The Bertz CT molecular complexity index is 1840. The fourth-order valence-corrected chi connectivity index (χ4v) is 4.90. The van der Waals surface area contributed by atoms with E-state index in [0.29, 0.717) is 28.1 Å². The Morgan fingerprint density at radius 3 is 2.31 bits per heavy atom. The second-order valence-electron chi connectivity index (χ2n) is 9.19. The number of aromatic amines is 1. The van der Waals surface area contributed by atoms with Crippen LogP contribution >= 0.6 is 0 Å². The number of alkyl halides is 3. The van der Waals surface area contributed by atoms with E-state index in [-0.39, 0.29) is 5.56 Å². The van der Waals surface area contributed by atoms with Crippen molar-refractivity contribution in [2.75, 3.05) is 7.11 Å². The Balaban J connectivity index is 1.45. The molecule has 4 aromatic carbocycles. The molecule has 5 aromatic rings. The van der Waals surface area contributed by atoms with Crippen LogP contribution in [0, 0.1) is 5.82 Å². The number of nitrogens with one attached hydrogen (secondary N) is 2. The summed E-state index contributed by atoms with van der Waals surface area (Å²) in [6, 6.07) is 23.8. The van der Waals surface area contributed by atoms with Crippen LogP contribution in [-0.2, 0) is 10.1 Å². The van der Waals surface area contributed by atoms with E-state index in [1.807, 2.05) is 30.3 Å². The number of hydrogen-bond donors (Lipinski definition) is 2. The number of benzene rings is 4. The predicted molar refractivity (Wildman–Crippen MR) is 148 cm³/mol. The molecule has 2 N–H and O–H groups in total. The van der Waals surface area contributed by atoms with Crippen molar-refractivity contribution in [2.24, 2.45) is 0 Å². The number of methoxy groups -OCH3 is 1. The van der Waals surface area contributed by atoms with Gasteiger partial charge >= 0.3 is 15.6 Å². The minimum absolute atomic E-state index is 0.240. The minimum Gasteiger partial charge on any atom is -0.496 e. The number of carbonyl (C=O) groups is 1. The van der Waals surface area contributed by atoms with E-state index in [0.717, 1.165) is 23.0 Å². The lowest BCUT2D eigenvalue weighted by atomic mass is 10.00. The number of halogens is 4. The van der Waals surface area contributed by atoms with Crippen LogP contribution in [0.25, 0.3) is 22.0 Å². The predicted octanol–water partition coefficient (Wildman–Crippen LogP) is 6.73. The molecule has 0 saturated heterocycles. The molecule has 1 atom stereocenters. The number of H-pyrrole nitrogens is 1. The maximum absolute atomic E-state index is 14.4. The van der Waals surface area contributed by atoms with Gasteiger partial charge in [-0.2, -0.15) is 21.6 Å². The third-order valence-corrected chi connectivity index (χ3v) is 7.42. The number of hydrogen-bond acceptors (Lipinski definition) is 5. The van der Waals surface area contributed by atoms with Crippen LogP contribution in [-0.4, -0.2) is 31.9 Å². The van der Waals surface area contributed by atoms with E-state index in [1.165, 1.54) is 37.4 Å². The van der Waals surface area contributed by atoms with Crippen LogP contribution in [0.5, 0.6) is 11.5 Å². The number of fused-ring (bicyclic) bond motifs is 1. The van der Waals surface area contributed by atoms with E-state index in [1.54, 1.807) is 24.3 Å². The minimum atomic E-state index is -5.81. The fourth-order valence-electron chi connectivity index (χ4n) is 4.44. The summed E-state index contributed by atoms with van der Waals surface area (Å²) in [5.74, 6) is -1.17. The first-order valence-corrected chi connectivity index (χ1v) is 13.8. The van der Waals surface area contributed by atoms with Gasteiger partial charge in [-0.1, -0.05) is 42.5 Å². The van der Waals surface area contributed by atoms with Crippen LogP contribution in [0.2, 0.25) is 0 Å². The van der Waals surface area contributed by atoms with Gasteiger partial charge in [-0.15, -0.1) is 0 Å². The standard InChI is InChI=1S/C30H22F4N2O5S/c1-40-27-14-11-22(31)17-24(27)28(26-16-20-5-2-3-8-25(20)35-26)36-29(37)21-7-4-6-19(15-21)18-9-12-23(13-10-18)41-42(38,39)30(32,33)34/h2-17,28,35H,1H3,(H,36,37)/t28-/m1/s1. The van der Waals surface area contributed by atoms with Crippen LogP contribution in [0.15, 0.2) is 97.1 Å². The molecule has 0 aliphatic carbocycles. The van der Waals surface area contributed by atoms with E-state index in [9.17, 15) is 30.8 Å². The zero-order valence-corrected chi connectivity index (χ0v) is 22.6. The maximum atomic E-state index is 14.4. The topological polar surface area (TPSA) is 97.5 Å². The van der Waals surface area contributed by atoms with Crippen molar-refractivity contribution in [3.63, 3.8) is 0 Å². The number of amides is 1.